The summed E-state index contributed by atoms with van der Waals surface area (Å²) in [5.74, 6) is 2.69. The molecule has 0 aromatic carbocycles. The van der Waals surface area contributed by atoms with Crippen molar-refractivity contribution in [1.82, 2.24) is 10.2 Å². The smallest absolute Gasteiger partial charge is 0.00729 e. The van der Waals surface area contributed by atoms with Gasteiger partial charge in [-0.25, -0.2) is 0 Å². The van der Waals surface area contributed by atoms with Crippen molar-refractivity contribution >= 4 is 11.8 Å². The molecule has 2 aliphatic rings. The first kappa shape index (κ1) is 13.7. The summed E-state index contributed by atoms with van der Waals surface area (Å²) in [4.78, 5) is 2.72. The van der Waals surface area contributed by atoms with E-state index >= 15 is 0 Å². The SMILES string of the molecule is CCNCC1(CN2CCSCC2)CCCCC1. The highest BCUT2D eigenvalue weighted by Crippen LogP contribution is 2.37. The van der Waals surface area contributed by atoms with Crippen LogP contribution in [0.4, 0.5) is 0 Å². The lowest BCUT2D eigenvalue weighted by Gasteiger charge is -2.42. The van der Waals surface area contributed by atoms with Crippen LogP contribution in [0.25, 0.3) is 0 Å². The molecular weight excluding hydrogens is 228 g/mol. The molecule has 0 unspecified atom stereocenters. The molecule has 1 saturated carbocycles. The van der Waals surface area contributed by atoms with Crippen molar-refractivity contribution in [2.45, 2.75) is 39.0 Å². The molecule has 1 aliphatic heterocycles. The fraction of sp³-hybridized carbons (Fsp3) is 1.00. The quantitative estimate of drug-likeness (QED) is 0.814. The Hall–Kier alpha value is 0.270. The van der Waals surface area contributed by atoms with Crippen LogP contribution >= 0.6 is 11.8 Å². The Morgan fingerprint density at radius 2 is 1.82 bits per heavy atom. The minimum Gasteiger partial charge on any atom is -0.316 e. The van der Waals surface area contributed by atoms with Crippen molar-refractivity contribution in [1.29, 1.82) is 0 Å². The van der Waals surface area contributed by atoms with Gasteiger partial charge in [-0.3, -0.25) is 0 Å². The monoisotopic (exact) mass is 256 g/mol. The van der Waals surface area contributed by atoms with Crippen molar-refractivity contribution in [3.8, 4) is 0 Å². The molecule has 2 fully saturated rings. The van der Waals surface area contributed by atoms with Gasteiger partial charge >= 0.3 is 0 Å². The molecule has 1 saturated heterocycles. The highest BCUT2D eigenvalue weighted by Gasteiger charge is 2.33. The molecular formula is C14H28N2S. The molecule has 17 heavy (non-hydrogen) atoms. The Kier molecular flexibility index (Phi) is 5.64. The van der Waals surface area contributed by atoms with E-state index in [0.717, 1.165) is 6.54 Å². The van der Waals surface area contributed by atoms with Gasteiger partial charge in [0.05, 0.1) is 0 Å². The summed E-state index contributed by atoms with van der Waals surface area (Å²) in [6.07, 6.45) is 7.26. The second kappa shape index (κ2) is 7.01. The molecule has 1 N–H and O–H groups in total. The van der Waals surface area contributed by atoms with Crippen LogP contribution in [0.15, 0.2) is 0 Å². The van der Waals surface area contributed by atoms with Gasteiger partial charge in [-0.15, -0.1) is 0 Å². The van der Waals surface area contributed by atoms with E-state index in [1.165, 1.54) is 69.8 Å². The van der Waals surface area contributed by atoms with Gasteiger partial charge in [0.1, 0.15) is 0 Å². The fourth-order valence-electron chi connectivity index (χ4n) is 3.32. The van der Waals surface area contributed by atoms with Gasteiger partial charge in [-0.05, 0) is 24.8 Å². The van der Waals surface area contributed by atoms with Crippen LogP contribution in [0, 0.1) is 5.41 Å². The summed E-state index contributed by atoms with van der Waals surface area (Å²) in [7, 11) is 0. The molecule has 1 heterocycles. The molecule has 0 bridgehead atoms. The Labute approximate surface area is 111 Å². The maximum atomic E-state index is 3.62. The molecule has 0 aromatic heterocycles. The first-order valence-corrected chi connectivity index (χ1v) is 8.51. The van der Waals surface area contributed by atoms with Crippen LogP contribution in [0.5, 0.6) is 0 Å². The molecule has 100 valence electrons. The van der Waals surface area contributed by atoms with E-state index in [9.17, 15) is 0 Å². The van der Waals surface area contributed by atoms with E-state index < -0.39 is 0 Å². The third-order valence-corrected chi connectivity index (χ3v) is 5.27. The second-order valence-electron chi connectivity index (χ2n) is 5.73. The maximum absolute atomic E-state index is 3.62. The lowest BCUT2D eigenvalue weighted by atomic mass is 9.73. The van der Waals surface area contributed by atoms with E-state index in [2.05, 4.69) is 28.9 Å². The molecule has 0 aromatic rings. The summed E-state index contributed by atoms with van der Waals surface area (Å²) in [5.41, 5.74) is 0.594. The Bertz CT molecular complexity index is 208. The zero-order valence-electron chi connectivity index (χ0n) is 11.3. The normalized spacial score (nSPS) is 25.9. The molecule has 0 spiro atoms. The first-order chi connectivity index (χ1) is 8.35. The van der Waals surface area contributed by atoms with E-state index in [1.54, 1.807) is 0 Å². The number of rotatable bonds is 5. The highest BCUT2D eigenvalue weighted by molar-refractivity contribution is 7.99. The van der Waals surface area contributed by atoms with Crippen molar-refractivity contribution in [3.05, 3.63) is 0 Å². The van der Waals surface area contributed by atoms with Gasteiger partial charge in [0, 0.05) is 37.7 Å². The van der Waals surface area contributed by atoms with E-state index in [0.29, 0.717) is 5.41 Å². The van der Waals surface area contributed by atoms with Gasteiger partial charge < -0.3 is 10.2 Å². The van der Waals surface area contributed by atoms with Crippen LogP contribution in [0.2, 0.25) is 0 Å². The van der Waals surface area contributed by atoms with E-state index in [1.807, 2.05) is 0 Å². The molecule has 0 amide bonds. The number of hydrogen-bond acceptors (Lipinski definition) is 3. The summed E-state index contributed by atoms with van der Waals surface area (Å²) < 4.78 is 0. The zero-order valence-corrected chi connectivity index (χ0v) is 12.2. The molecule has 0 radical (unpaired) electrons. The van der Waals surface area contributed by atoms with E-state index in [4.69, 9.17) is 0 Å². The number of nitrogens with zero attached hydrogens (tertiary/aromatic N) is 1. The van der Waals surface area contributed by atoms with Crippen molar-refractivity contribution in [2.24, 2.45) is 5.41 Å². The predicted molar refractivity (Wildman–Crippen MR) is 77.8 cm³/mol. The van der Waals surface area contributed by atoms with Crippen LogP contribution in [0.1, 0.15) is 39.0 Å². The molecule has 1 aliphatic carbocycles. The maximum Gasteiger partial charge on any atom is 0.00729 e. The molecule has 2 nitrogen and oxygen atoms in total. The number of nitrogens with one attached hydrogen (secondary N) is 1. The standard InChI is InChI=1S/C14H28N2S/c1-2-15-12-14(6-4-3-5-7-14)13-16-8-10-17-11-9-16/h15H,2-13H2,1H3. The Morgan fingerprint density at radius 1 is 1.12 bits per heavy atom. The lowest BCUT2D eigenvalue weighted by molar-refractivity contribution is 0.109. The third kappa shape index (κ3) is 4.15. The van der Waals surface area contributed by atoms with Crippen LogP contribution in [0.3, 0.4) is 0 Å². The largest absolute Gasteiger partial charge is 0.316 e. The summed E-state index contributed by atoms with van der Waals surface area (Å²) in [6.45, 7) is 8.58. The van der Waals surface area contributed by atoms with Gasteiger partial charge in [0.15, 0.2) is 0 Å². The van der Waals surface area contributed by atoms with Crippen LogP contribution in [-0.2, 0) is 0 Å². The Balaban J connectivity index is 1.88. The molecule has 2 rings (SSSR count). The minimum absolute atomic E-state index is 0.594. The third-order valence-electron chi connectivity index (χ3n) is 4.33. The molecule has 3 heteroatoms. The second-order valence-corrected chi connectivity index (χ2v) is 6.95. The van der Waals surface area contributed by atoms with Gasteiger partial charge in [0.25, 0.3) is 0 Å². The van der Waals surface area contributed by atoms with Crippen molar-refractivity contribution in [2.75, 3.05) is 44.2 Å². The van der Waals surface area contributed by atoms with E-state index in [-0.39, 0.29) is 0 Å². The Morgan fingerprint density at radius 3 is 2.47 bits per heavy atom. The first-order valence-electron chi connectivity index (χ1n) is 7.35. The fourth-order valence-corrected chi connectivity index (χ4v) is 4.30. The predicted octanol–water partition coefficient (Wildman–Crippen LogP) is 2.60. The highest BCUT2D eigenvalue weighted by atomic mass is 32.2. The minimum atomic E-state index is 0.594. The summed E-state index contributed by atoms with van der Waals surface area (Å²) in [6, 6.07) is 0. The van der Waals surface area contributed by atoms with Crippen molar-refractivity contribution < 1.29 is 0 Å². The van der Waals surface area contributed by atoms with Gasteiger partial charge in [-0.1, -0.05) is 26.2 Å². The van der Waals surface area contributed by atoms with Crippen LogP contribution in [-0.4, -0.2) is 49.1 Å². The van der Waals surface area contributed by atoms with Crippen LogP contribution < -0.4 is 5.32 Å². The lowest BCUT2D eigenvalue weighted by Crippen LogP contribution is -2.47. The average Bonchev–Trinajstić information content (AvgIpc) is 2.39. The summed E-state index contributed by atoms with van der Waals surface area (Å²) in [5, 5.41) is 3.62. The summed E-state index contributed by atoms with van der Waals surface area (Å²) >= 11 is 2.12. The molecule has 0 atom stereocenters. The topological polar surface area (TPSA) is 15.3 Å². The van der Waals surface area contributed by atoms with Gasteiger partial charge in [0.2, 0.25) is 0 Å². The van der Waals surface area contributed by atoms with Gasteiger partial charge in [-0.2, -0.15) is 11.8 Å². The zero-order chi connectivity index (χ0) is 12.0. The number of hydrogen-bond donors (Lipinski definition) is 1. The average molecular weight is 256 g/mol. The van der Waals surface area contributed by atoms with Crippen molar-refractivity contribution in [3.63, 3.8) is 0 Å². The number of thioether (sulfide) groups is 1.